The Balaban J connectivity index is 2.59. The Hall–Kier alpha value is -1.58. The second-order valence-corrected chi connectivity index (χ2v) is 3.98. The third kappa shape index (κ3) is 3.44. The third-order valence-corrected chi connectivity index (χ3v) is 2.85. The van der Waals surface area contributed by atoms with Crippen LogP contribution in [0.15, 0.2) is 24.6 Å². The molecule has 1 unspecified atom stereocenters. The van der Waals surface area contributed by atoms with Crippen molar-refractivity contribution in [3.8, 4) is 0 Å². The maximum absolute atomic E-state index is 11.6. The zero-order valence-electron chi connectivity index (χ0n) is 10.6. The van der Waals surface area contributed by atoms with Crippen molar-refractivity contribution in [1.29, 1.82) is 0 Å². The number of allylic oxidation sites excluding steroid dienone is 2. The van der Waals surface area contributed by atoms with E-state index < -0.39 is 6.09 Å². The molecule has 17 heavy (non-hydrogen) atoms. The van der Waals surface area contributed by atoms with E-state index in [1.165, 1.54) is 4.90 Å². The third-order valence-electron chi connectivity index (χ3n) is 2.85. The van der Waals surface area contributed by atoms with Crippen molar-refractivity contribution in [3.63, 3.8) is 0 Å². The number of hydrogen-bond donors (Lipinski definition) is 0. The Kier molecular flexibility index (Phi) is 4.94. The van der Waals surface area contributed by atoms with E-state index in [9.17, 15) is 9.59 Å². The molecule has 0 N–H and O–H groups in total. The number of hydrogen-bond acceptors (Lipinski definition) is 3. The number of Topliss-reactive ketones (excluding diaryl/α,β-unsaturated/α-hetero) is 1. The van der Waals surface area contributed by atoms with Gasteiger partial charge in [0.15, 0.2) is 0 Å². The molecule has 1 amide bonds. The molecule has 4 heteroatoms. The van der Waals surface area contributed by atoms with Crippen LogP contribution in [0.4, 0.5) is 4.79 Å². The molecular formula is C13H19NO3. The summed E-state index contributed by atoms with van der Waals surface area (Å²) in [5, 5.41) is 0. The minimum Gasteiger partial charge on any atom is -0.449 e. The zero-order valence-corrected chi connectivity index (χ0v) is 10.6. The van der Waals surface area contributed by atoms with E-state index in [1.54, 1.807) is 19.3 Å². The van der Waals surface area contributed by atoms with Gasteiger partial charge in [0.25, 0.3) is 0 Å². The highest BCUT2D eigenvalue weighted by Crippen LogP contribution is 2.21. The number of ketones is 1. The molecule has 0 saturated carbocycles. The van der Waals surface area contributed by atoms with Crippen LogP contribution in [0.25, 0.3) is 0 Å². The first-order chi connectivity index (χ1) is 8.10. The number of carbonyl (C=O) groups excluding carboxylic acids is 2. The van der Waals surface area contributed by atoms with Gasteiger partial charge in [0.2, 0.25) is 0 Å². The molecule has 0 fully saturated rings. The van der Waals surface area contributed by atoms with Crippen molar-refractivity contribution in [3.05, 3.63) is 24.6 Å². The fraction of sp³-hybridized carbons (Fsp3) is 0.538. The highest BCUT2D eigenvalue weighted by Gasteiger charge is 2.21. The summed E-state index contributed by atoms with van der Waals surface area (Å²) in [4.78, 5) is 24.3. The summed E-state index contributed by atoms with van der Waals surface area (Å²) < 4.78 is 4.86. The van der Waals surface area contributed by atoms with Gasteiger partial charge in [0.1, 0.15) is 5.78 Å². The van der Waals surface area contributed by atoms with E-state index in [1.807, 2.05) is 26.0 Å². The van der Waals surface area contributed by atoms with E-state index >= 15 is 0 Å². The lowest BCUT2D eigenvalue weighted by Gasteiger charge is -2.22. The van der Waals surface area contributed by atoms with Crippen LogP contribution in [0.3, 0.4) is 0 Å². The van der Waals surface area contributed by atoms with Crippen molar-refractivity contribution >= 4 is 11.9 Å². The highest BCUT2D eigenvalue weighted by molar-refractivity contribution is 5.81. The summed E-state index contributed by atoms with van der Waals surface area (Å²) in [6, 6.07) is 0. The van der Waals surface area contributed by atoms with Gasteiger partial charge in [0, 0.05) is 30.7 Å². The van der Waals surface area contributed by atoms with E-state index in [-0.39, 0.29) is 17.6 Å². The van der Waals surface area contributed by atoms with Gasteiger partial charge in [-0.1, -0.05) is 26.0 Å². The highest BCUT2D eigenvalue weighted by atomic mass is 16.5. The fourth-order valence-corrected chi connectivity index (χ4v) is 1.69. The van der Waals surface area contributed by atoms with Gasteiger partial charge in [-0.05, 0) is 6.92 Å². The summed E-state index contributed by atoms with van der Waals surface area (Å²) in [7, 11) is 0. The maximum Gasteiger partial charge on any atom is 0.417 e. The summed E-state index contributed by atoms with van der Waals surface area (Å²) in [5.41, 5.74) is 0. The average molecular weight is 237 g/mol. The molecule has 0 aromatic rings. The number of carbonyl (C=O) groups is 2. The Morgan fingerprint density at radius 3 is 2.35 bits per heavy atom. The summed E-state index contributed by atoms with van der Waals surface area (Å²) in [6.45, 7) is 5.89. The van der Waals surface area contributed by atoms with Crippen LogP contribution < -0.4 is 0 Å². The van der Waals surface area contributed by atoms with Gasteiger partial charge in [0.05, 0.1) is 6.61 Å². The molecule has 94 valence electrons. The lowest BCUT2D eigenvalue weighted by Crippen LogP contribution is -2.26. The van der Waals surface area contributed by atoms with Crippen molar-refractivity contribution in [2.75, 3.05) is 6.61 Å². The first-order valence-corrected chi connectivity index (χ1v) is 5.94. The lowest BCUT2D eigenvalue weighted by atomic mass is 9.88. The Morgan fingerprint density at radius 1 is 1.29 bits per heavy atom. The summed E-state index contributed by atoms with van der Waals surface area (Å²) in [6.07, 6.45) is 7.17. The van der Waals surface area contributed by atoms with E-state index in [2.05, 4.69) is 0 Å². The van der Waals surface area contributed by atoms with Crippen LogP contribution in [-0.4, -0.2) is 23.4 Å². The van der Waals surface area contributed by atoms with Gasteiger partial charge < -0.3 is 4.74 Å². The van der Waals surface area contributed by atoms with Crippen molar-refractivity contribution < 1.29 is 14.3 Å². The molecule has 1 heterocycles. The molecule has 0 aliphatic carbocycles. The fourth-order valence-electron chi connectivity index (χ4n) is 1.69. The zero-order chi connectivity index (χ0) is 12.8. The molecule has 1 atom stereocenters. The van der Waals surface area contributed by atoms with Crippen LogP contribution in [0.2, 0.25) is 0 Å². The second kappa shape index (κ2) is 6.23. The molecular weight excluding hydrogens is 218 g/mol. The molecule has 0 aromatic carbocycles. The lowest BCUT2D eigenvalue weighted by molar-refractivity contribution is -0.122. The summed E-state index contributed by atoms with van der Waals surface area (Å²) >= 11 is 0. The largest absolute Gasteiger partial charge is 0.449 e. The molecule has 0 radical (unpaired) electrons. The van der Waals surface area contributed by atoms with E-state index in [0.29, 0.717) is 13.0 Å². The van der Waals surface area contributed by atoms with E-state index in [4.69, 9.17) is 4.74 Å². The second-order valence-electron chi connectivity index (χ2n) is 3.98. The standard InChI is InChI=1S/C13H19NO3/c1-4-12(15)10(3)11-6-8-14(9-7-11)13(16)17-5-2/h6-11H,4-5H2,1-3H3. The van der Waals surface area contributed by atoms with E-state index in [0.717, 1.165) is 0 Å². The molecule has 4 nitrogen and oxygen atoms in total. The minimum atomic E-state index is -0.395. The van der Waals surface area contributed by atoms with Gasteiger partial charge in [-0.15, -0.1) is 0 Å². The molecule has 0 aromatic heterocycles. The van der Waals surface area contributed by atoms with Crippen LogP contribution in [0.5, 0.6) is 0 Å². The molecule has 1 rings (SSSR count). The topological polar surface area (TPSA) is 46.6 Å². The quantitative estimate of drug-likeness (QED) is 0.755. The Bertz CT molecular complexity index is 333. The van der Waals surface area contributed by atoms with Crippen molar-refractivity contribution in [2.45, 2.75) is 27.2 Å². The summed E-state index contributed by atoms with van der Waals surface area (Å²) in [5.74, 6) is 0.249. The van der Waals surface area contributed by atoms with Crippen molar-refractivity contribution in [1.82, 2.24) is 4.90 Å². The predicted molar refractivity (Wildman–Crippen MR) is 65.1 cm³/mol. The molecule has 0 saturated heterocycles. The number of amides is 1. The predicted octanol–water partition coefficient (Wildman–Crippen LogP) is 2.72. The van der Waals surface area contributed by atoms with Gasteiger partial charge in [-0.2, -0.15) is 0 Å². The Morgan fingerprint density at radius 2 is 1.88 bits per heavy atom. The van der Waals surface area contributed by atoms with Gasteiger partial charge in [-0.3, -0.25) is 9.69 Å². The first kappa shape index (κ1) is 13.5. The smallest absolute Gasteiger partial charge is 0.417 e. The number of rotatable bonds is 4. The maximum atomic E-state index is 11.6. The number of nitrogens with zero attached hydrogens (tertiary/aromatic N) is 1. The van der Waals surface area contributed by atoms with Crippen LogP contribution >= 0.6 is 0 Å². The first-order valence-electron chi connectivity index (χ1n) is 5.94. The van der Waals surface area contributed by atoms with Gasteiger partial charge in [-0.25, -0.2) is 4.79 Å². The van der Waals surface area contributed by atoms with Gasteiger partial charge >= 0.3 is 6.09 Å². The molecule has 1 aliphatic rings. The monoisotopic (exact) mass is 237 g/mol. The number of ether oxygens (including phenoxy) is 1. The molecule has 0 bridgehead atoms. The van der Waals surface area contributed by atoms with Crippen molar-refractivity contribution in [2.24, 2.45) is 11.8 Å². The molecule has 0 spiro atoms. The normalized spacial score (nSPS) is 17.0. The van der Waals surface area contributed by atoms with Crippen LogP contribution in [0.1, 0.15) is 27.2 Å². The Labute approximate surface area is 102 Å². The SMILES string of the molecule is CCOC(=O)N1C=CC(C(C)C(=O)CC)C=C1. The van der Waals surface area contributed by atoms with Crippen LogP contribution in [0, 0.1) is 11.8 Å². The van der Waals surface area contributed by atoms with Crippen LogP contribution in [-0.2, 0) is 9.53 Å². The minimum absolute atomic E-state index is 0.0446. The molecule has 1 aliphatic heterocycles. The average Bonchev–Trinajstić information content (AvgIpc) is 2.37.